The van der Waals surface area contributed by atoms with E-state index in [1.165, 1.54) is 12.8 Å². The van der Waals surface area contributed by atoms with E-state index in [2.05, 4.69) is 13.8 Å². The largest absolute Gasteiger partial charge is 0.324 e. The first-order valence-electron chi connectivity index (χ1n) is 2.30. The summed E-state index contributed by atoms with van der Waals surface area (Å²) in [5.41, 5.74) is 0. The summed E-state index contributed by atoms with van der Waals surface area (Å²) in [6, 6.07) is 0. The normalized spacial score (nSPS) is 6.38. The Hall–Kier alpha value is 0.683. The summed E-state index contributed by atoms with van der Waals surface area (Å²) in [6.07, 6.45) is 2.64. The molecule has 0 unspecified atom stereocenters. The molecule has 8 heavy (non-hydrogen) atoms. The standard InChI is InChI=1S/C4H10.HO2P.Zn/c1-3-4-2;1-3-2;/h3-4H2,1-2H3;(H,1,2);. The van der Waals surface area contributed by atoms with Crippen LogP contribution in [0.15, 0.2) is 0 Å². The first kappa shape index (κ1) is 15.9. The molecular formula is C4H11O2PZn. The van der Waals surface area contributed by atoms with Crippen molar-refractivity contribution in [2.75, 3.05) is 0 Å². The van der Waals surface area contributed by atoms with E-state index in [1.54, 1.807) is 0 Å². The van der Waals surface area contributed by atoms with E-state index in [9.17, 15) is 0 Å². The molecule has 0 rings (SSSR count). The maximum atomic E-state index is 8.46. The van der Waals surface area contributed by atoms with Crippen LogP contribution in [0.25, 0.3) is 0 Å². The van der Waals surface area contributed by atoms with Crippen LogP contribution < -0.4 is 0 Å². The zero-order valence-corrected chi connectivity index (χ0v) is 9.29. The maximum Gasteiger partial charge on any atom is 0.324 e. The molecule has 0 aliphatic carbocycles. The molecule has 0 aliphatic rings. The minimum absolute atomic E-state index is 0. The monoisotopic (exact) mass is 186 g/mol. The molecule has 0 radical (unpaired) electrons. The summed E-state index contributed by atoms with van der Waals surface area (Å²) in [6.45, 7) is 4.36. The fourth-order valence-electron chi connectivity index (χ4n) is 0. The minimum Gasteiger partial charge on any atom is -0.310 e. The van der Waals surface area contributed by atoms with Crippen LogP contribution in [0.5, 0.6) is 0 Å². The molecule has 0 aliphatic heterocycles. The molecule has 0 atom stereocenters. The van der Waals surface area contributed by atoms with E-state index in [1.807, 2.05) is 0 Å². The first-order chi connectivity index (χ1) is 3.33. The molecule has 0 heterocycles. The summed E-state index contributed by atoms with van der Waals surface area (Å²) in [5.74, 6) is 0. The van der Waals surface area contributed by atoms with Gasteiger partial charge in [0.15, 0.2) is 0 Å². The van der Waals surface area contributed by atoms with Gasteiger partial charge in [0.25, 0.3) is 0 Å². The van der Waals surface area contributed by atoms with Gasteiger partial charge in [-0.1, -0.05) is 26.7 Å². The molecule has 0 aromatic carbocycles. The molecule has 0 saturated heterocycles. The van der Waals surface area contributed by atoms with Gasteiger partial charge < -0.3 is 4.89 Å². The third-order valence-corrected chi connectivity index (χ3v) is 0.500. The molecule has 0 bridgehead atoms. The van der Waals surface area contributed by atoms with Crippen molar-refractivity contribution in [3.63, 3.8) is 0 Å². The Bertz CT molecular complexity index is 33.2. The van der Waals surface area contributed by atoms with Crippen molar-refractivity contribution < 1.29 is 28.9 Å². The third-order valence-electron chi connectivity index (χ3n) is 0.500. The van der Waals surface area contributed by atoms with Gasteiger partial charge in [0.1, 0.15) is 0 Å². The molecule has 0 saturated carbocycles. The number of rotatable bonds is 1. The molecule has 0 fully saturated rings. The molecule has 2 nitrogen and oxygen atoms in total. The van der Waals surface area contributed by atoms with E-state index in [-0.39, 0.29) is 19.5 Å². The zero-order chi connectivity index (χ0) is 6.12. The second kappa shape index (κ2) is 25.3. The number of unbranched alkanes of at least 4 members (excludes halogenated alkanes) is 1. The Morgan fingerprint density at radius 3 is 1.50 bits per heavy atom. The fraction of sp³-hybridized carbons (Fsp3) is 1.00. The van der Waals surface area contributed by atoms with Crippen LogP contribution >= 0.6 is 8.69 Å². The van der Waals surface area contributed by atoms with E-state index in [0.717, 1.165) is 0 Å². The van der Waals surface area contributed by atoms with Gasteiger partial charge in [-0.2, -0.15) is 0 Å². The van der Waals surface area contributed by atoms with Gasteiger partial charge in [-0.3, -0.25) is 0 Å². The van der Waals surface area contributed by atoms with Crippen molar-refractivity contribution in [1.82, 2.24) is 0 Å². The number of hydrogen-bond acceptors (Lipinski definition) is 1. The van der Waals surface area contributed by atoms with Crippen LogP contribution in [0.4, 0.5) is 0 Å². The Morgan fingerprint density at radius 2 is 1.50 bits per heavy atom. The van der Waals surface area contributed by atoms with E-state index < -0.39 is 8.69 Å². The predicted molar refractivity (Wildman–Crippen MR) is 30.4 cm³/mol. The van der Waals surface area contributed by atoms with Crippen molar-refractivity contribution in [2.45, 2.75) is 26.7 Å². The molecular weight excluding hydrogens is 176 g/mol. The molecule has 0 aromatic rings. The van der Waals surface area contributed by atoms with Gasteiger partial charge in [-0.25, -0.2) is 4.57 Å². The summed E-state index contributed by atoms with van der Waals surface area (Å²) < 4.78 is 8.46. The van der Waals surface area contributed by atoms with Crippen LogP contribution in [0.2, 0.25) is 0 Å². The molecule has 0 aromatic heterocycles. The Kier molecular flexibility index (Phi) is 50.2. The van der Waals surface area contributed by atoms with Gasteiger partial charge >= 0.3 is 8.69 Å². The quantitative estimate of drug-likeness (QED) is 0.504. The summed E-state index contributed by atoms with van der Waals surface area (Å²) in [5, 5.41) is 0. The van der Waals surface area contributed by atoms with E-state index in [0.29, 0.717) is 0 Å². The van der Waals surface area contributed by atoms with Crippen LogP contribution in [-0.2, 0) is 24.0 Å². The minimum atomic E-state index is -0.833. The Balaban J connectivity index is -0.0000000575. The van der Waals surface area contributed by atoms with Gasteiger partial charge in [0, 0.05) is 19.5 Å². The predicted octanol–water partition coefficient (Wildman–Crippen LogP) is 1.99. The molecule has 46 valence electrons. The maximum absolute atomic E-state index is 8.46. The average Bonchev–Trinajstić information content (AvgIpc) is 1.69. The van der Waals surface area contributed by atoms with Gasteiger partial charge in [0.05, 0.1) is 0 Å². The smallest absolute Gasteiger partial charge is 0.310 e. The van der Waals surface area contributed by atoms with Crippen LogP contribution in [0.1, 0.15) is 26.7 Å². The van der Waals surface area contributed by atoms with Gasteiger partial charge in [0.2, 0.25) is 0 Å². The molecule has 4 heteroatoms. The number of hydrogen-bond donors (Lipinski definition) is 1. The van der Waals surface area contributed by atoms with Crippen molar-refractivity contribution in [2.24, 2.45) is 0 Å². The fourth-order valence-corrected chi connectivity index (χ4v) is 0. The van der Waals surface area contributed by atoms with Crippen molar-refractivity contribution in [1.29, 1.82) is 0 Å². The van der Waals surface area contributed by atoms with Crippen molar-refractivity contribution in [3.8, 4) is 0 Å². The molecule has 1 N–H and O–H groups in total. The second-order valence-electron chi connectivity index (χ2n) is 1.08. The van der Waals surface area contributed by atoms with E-state index >= 15 is 0 Å². The first-order valence-corrected chi connectivity index (χ1v) is 3.06. The third kappa shape index (κ3) is 76.2. The van der Waals surface area contributed by atoms with Crippen LogP contribution in [-0.4, -0.2) is 4.89 Å². The van der Waals surface area contributed by atoms with E-state index in [4.69, 9.17) is 9.46 Å². The summed E-state index contributed by atoms with van der Waals surface area (Å²) in [7, 11) is -0.833. The van der Waals surface area contributed by atoms with Gasteiger partial charge in [-0.15, -0.1) is 0 Å². The summed E-state index contributed by atoms with van der Waals surface area (Å²) in [4.78, 5) is 6.99. The zero-order valence-electron chi connectivity index (χ0n) is 5.42. The topological polar surface area (TPSA) is 37.3 Å². The van der Waals surface area contributed by atoms with Crippen LogP contribution in [0.3, 0.4) is 0 Å². The average molecular weight is 187 g/mol. The van der Waals surface area contributed by atoms with Crippen LogP contribution in [0, 0.1) is 0 Å². The molecule has 0 amide bonds. The summed E-state index contributed by atoms with van der Waals surface area (Å²) >= 11 is 0. The Labute approximate surface area is 64.7 Å². The van der Waals surface area contributed by atoms with Crippen molar-refractivity contribution in [3.05, 3.63) is 0 Å². The van der Waals surface area contributed by atoms with Gasteiger partial charge in [-0.05, 0) is 0 Å². The molecule has 0 spiro atoms. The second-order valence-corrected chi connectivity index (χ2v) is 1.24. The SMILES string of the molecule is CCCC.O=PO.[Zn]. The van der Waals surface area contributed by atoms with Crippen molar-refractivity contribution >= 4 is 8.69 Å². The Morgan fingerprint density at radius 1 is 1.38 bits per heavy atom.